The molecule has 138 valence electrons. The van der Waals surface area contributed by atoms with E-state index in [2.05, 4.69) is 22.5 Å². The average Bonchev–Trinajstić information content (AvgIpc) is 3.11. The lowest BCUT2D eigenvalue weighted by Crippen LogP contribution is -2.14. The molecular formula is C21H21N3O2S. The molecule has 27 heavy (non-hydrogen) atoms. The minimum Gasteiger partial charge on any atom is -0.326 e. The molecule has 6 heteroatoms. The Morgan fingerprint density at radius 2 is 1.59 bits per heavy atom. The van der Waals surface area contributed by atoms with Gasteiger partial charge in [-0.3, -0.25) is 9.59 Å². The van der Waals surface area contributed by atoms with Crippen molar-refractivity contribution in [3.63, 3.8) is 0 Å². The number of nitrogens with one attached hydrogen (secondary N) is 2. The number of carbonyl (C=O) groups is 2. The van der Waals surface area contributed by atoms with Gasteiger partial charge in [0.1, 0.15) is 5.01 Å². The van der Waals surface area contributed by atoms with Crippen LogP contribution in [0.25, 0.3) is 10.6 Å². The van der Waals surface area contributed by atoms with Gasteiger partial charge in [0, 0.05) is 29.2 Å². The fourth-order valence-corrected chi connectivity index (χ4v) is 3.44. The summed E-state index contributed by atoms with van der Waals surface area (Å²) in [7, 11) is 0. The number of aryl methyl sites for hydroxylation is 1. The Morgan fingerprint density at radius 3 is 2.22 bits per heavy atom. The number of anilines is 2. The molecule has 0 bridgehead atoms. The Hall–Kier alpha value is -2.99. The van der Waals surface area contributed by atoms with Crippen LogP contribution < -0.4 is 10.6 Å². The van der Waals surface area contributed by atoms with E-state index in [1.165, 1.54) is 23.8 Å². The summed E-state index contributed by atoms with van der Waals surface area (Å²) in [5, 5.41) is 8.38. The van der Waals surface area contributed by atoms with Crippen LogP contribution in [-0.2, 0) is 22.4 Å². The number of hydrogen-bond donors (Lipinski definition) is 2. The monoisotopic (exact) mass is 379 g/mol. The Balaban J connectivity index is 1.61. The fraction of sp³-hybridized carbons (Fsp3) is 0.190. The van der Waals surface area contributed by atoms with E-state index in [0.29, 0.717) is 0 Å². The van der Waals surface area contributed by atoms with Gasteiger partial charge in [0.25, 0.3) is 0 Å². The van der Waals surface area contributed by atoms with Gasteiger partial charge in [-0.15, -0.1) is 11.3 Å². The largest absolute Gasteiger partial charge is 0.326 e. The van der Waals surface area contributed by atoms with Gasteiger partial charge in [0.15, 0.2) is 0 Å². The molecule has 3 aromatic rings. The Bertz CT molecular complexity index is 931. The van der Waals surface area contributed by atoms with E-state index in [1.807, 2.05) is 53.9 Å². The van der Waals surface area contributed by atoms with Crippen molar-refractivity contribution < 1.29 is 9.59 Å². The normalized spacial score (nSPS) is 10.4. The highest BCUT2D eigenvalue weighted by molar-refractivity contribution is 7.13. The van der Waals surface area contributed by atoms with Crippen molar-refractivity contribution in [3.8, 4) is 10.6 Å². The quantitative estimate of drug-likeness (QED) is 0.662. The van der Waals surface area contributed by atoms with Crippen molar-refractivity contribution in [1.29, 1.82) is 0 Å². The van der Waals surface area contributed by atoms with Crippen LogP contribution in [0.3, 0.4) is 0 Å². The van der Waals surface area contributed by atoms with Gasteiger partial charge < -0.3 is 10.6 Å². The summed E-state index contributed by atoms with van der Waals surface area (Å²) >= 11 is 1.50. The molecule has 0 fully saturated rings. The third kappa shape index (κ3) is 5.24. The number of nitrogens with zero attached hydrogens (tertiary/aromatic N) is 1. The van der Waals surface area contributed by atoms with Gasteiger partial charge in [-0.25, -0.2) is 4.98 Å². The SMILES string of the molecule is CCc1ccc(NC(=O)Cc2csc(-c3ccc(NC(C)=O)cc3)n2)cc1. The van der Waals surface area contributed by atoms with E-state index in [-0.39, 0.29) is 18.2 Å². The molecule has 1 aromatic heterocycles. The molecule has 1 heterocycles. The van der Waals surface area contributed by atoms with E-state index in [4.69, 9.17) is 0 Å². The van der Waals surface area contributed by atoms with E-state index in [0.717, 1.165) is 34.1 Å². The number of benzene rings is 2. The maximum absolute atomic E-state index is 12.2. The van der Waals surface area contributed by atoms with Crippen LogP contribution in [0.5, 0.6) is 0 Å². The molecule has 0 unspecified atom stereocenters. The van der Waals surface area contributed by atoms with Gasteiger partial charge in [-0.2, -0.15) is 0 Å². The standard InChI is InChI=1S/C21H21N3O2S/c1-3-15-4-8-18(9-5-15)23-20(26)12-19-13-27-21(24-19)16-6-10-17(11-7-16)22-14(2)25/h4-11,13H,3,12H2,1-2H3,(H,22,25)(H,23,26). The predicted octanol–water partition coefficient (Wildman–Crippen LogP) is 4.51. The smallest absolute Gasteiger partial charge is 0.230 e. The van der Waals surface area contributed by atoms with Crippen LogP contribution in [0.4, 0.5) is 11.4 Å². The summed E-state index contributed by atoms with van der Waals surface area (Å²) in [6, 6.07) is 15.4. The predicted molar refractivity (Wildman–Crippen MR) is 110 cm³/mol. The average molecular weight is 379 g/mol. The summed E-state index contributed by atoms with van der Waals surface area (Å²) in [6.45, 7) is 3.57. The zero-order chi connectivity index (χ0) is 19.2. The van der Waals surface area contributed by atoms with Gasteiger partial charge >= 0.3 is 0 Å². The van der Waals surface area contributed by atoms with Crippen molar-refractivity contribution in [2.45, 2.75) is 26.7 Å². The summed E-state index contributed by atoms with van der Waals surface area (Å²) in [4.78, 5) is 27.9. The van der Waals surface area contributed by atoms with Gasteiger partial charge in [0.2, 0.25) is 11.8 Å². The number of carbonyl (C=O) groups excluding carboxylic acids is 2. The lowest BCUT2D eigenvalue weighted by molar-refractivity contribution is -0.116. The van der Waals surface area contributed by atoms with Gasteiger partial charge in [-0.05, 0) is 48.4 Å². The maximum atomic E-state index is 12.2. The second-order valence-electron chi connectivity index (χ2n) is 6.18. The second kappa shape index (κ2) is 8.60. The molecule has 0 saturated heterocycles. The minimum atomic E-state index is -0.102. The van der Waals surface area contributed by atoms with Crippen molar-refractivity contribution in [1.82, 2.24) is 4.98 Å². The molecule has 0 radical (unpaired) electrons. The lowest BCUT2D eigenvalue weighted by Gasteiger charge is -2.05. The van der Waals surface area contributed by atoms with Gasteiger partial charge in [-0.1, -0.05) is 19.1 Å². The highest BCUT2D eigenvalue weighted by Crippen LogP contribution is 2.25. The number of thiazole rings is 1. The third-order valence-electron chi connectivity index (χ3n) is 3.99. The summed E-state index contributed by atoms with van der Waals surface area (Å²) < 4.78 is 0. The molecule has 2 aromatic carbocycles. The first kappa shape index (κ1) is 18.8. The van der Waals surface area contributed by atoms with E-state index in [9.17, 15) is 9.59 Å². The third-order valence-corrected chi connectivity index (χ3v) is 4.93. The lowest BCUT2D eigenvalue weighted by atomic mass is 10.1. The van der Waals surface area contributed by atoms with E-state index >= 15 is 0 Å². The number of amides is 2. The fourth-order valence-electron chi connectivity index (χ4n) is 2.61. The van der Waals surface area contributed by atoms with Crippen LogP contribution in [0.2, 0.25) is 0 Å². The van der Waals surface area contributed by atoms with Crippen LogP contribution in [-0.4, -0.2) is 16.8 Å². The highest BCUT2D eigenvalue weighted by atomic mass is 32.1. The van der Waals surface area contributed by atoms with E-state index in [1.54, 1.807) is 0 Å². The molecule has 0 aliphatic rings. The zero-order valence-electron chi connectivity index (χ0n) is 15.3. The summed E-state index contributed by atoms with van der Waals surface area (Å²) in [6.07, 6.45) is 1.21. The topological polar surface area (TPSA) is 71.1 Å². The molecular weight excluding hydrogens is 358 g/mol. The molecule has 0 aliphatic carbocycles. The van der Waals surface area contributed by atoms with Crippen molar-refractivity contribution >= 4 is 34.5 Å². The van der Waals surface area contributed by atoms with E-state index < -0.39 is 0 Å². The van der Waals surface area contributed by atoms with Crippen molar-refractivity contribution in [3.05, 3.63) is 65.2 Å². The number of hydrogen-bond acceptors (Lipinski definition) is 4. The van der Waals surface area contributed by atoms with Crippen LogP contribution >= 0.6 is 11.3 Å². The Morgan fingerprint density at radius 1 is 0.963 bits per heavy atom. The first-order valence-corrected chi connectivity index (χ1v) is 9.62. The van der Waals surface area contributed by atoms with Crippen LogP contribution in [0.1, 0.15) is 25.1 Å². The summed E-state index contributed by atoms with van der Waals surface area (Å²) in [5.74, 6) is -0.188. The number of aromatic nitrogens is 1. The molecule has 0 spiro atoms. The molecule has 3 rings (SSSR count). The number of rotatable bonds is 6. The molecule has 0 atom stereocenters. The molecule has 2 N–H and O–H groups in total. The van der Waals surface area contributed by atoms with Crippen molar-refractivity contribution in [2.75, 3.05) is 10.6 Å². The Kier molecular flexibility index (Phi) is 5.98. The van der Waals surface area contributed by atoms with Crippen LogP contribution in [0, 0.1) is 0 Å². The van der Waals surface area contributed by atoms with Gasteiger partial charge in [0.05, 0.1) is 12.1 Å². The molecule has 2 amide bonds. The maximum Gasteiger partial charge on any atom is 0.230 e. The molecule has 0 aliphatic heterocycles. The zero-order valence-corrected chi connectivity index (χ0v) is 16.1. The first-order chi connectivity index (χ1) is 13.0. The van der Waals surface area contributed by atoms with Crippen molar-refractivity contribution in [2.24, 2.45) is 0 Å². The molecule has 0 saturated carbocycles. The first-order valence-electron chi connectivity index (χ1n) is 8.74. The second-order valence-corrected chi connectivity index (χ2v) is 7.04. The Labute approximate surface area is 162 Å². The van der Waals surface area contributed by atoms with Crippen LogP contribution in [0.15, 0.2) is 53.9 Å². The summed E-state index contributed by atoms with van der Waals surface area (Å²) in [5.41, 5.74) is 4.47. The highest BCUT2D eigenvalue weighted by Gasteiger charge is 2.10. The minimum absolute atomic E-state index is 0.0860. The molecule has 5 nitrogen and oxygen atoms in total.